The van der Waals surface area contributed by atoms with E-state index in [-0.39, 0.29) is 11.6 Å². The van der Waals surface area contributed by atoms with Crippen LogP contribution in [0.25, 0.3) is 6.08 Å². The zero-order valence-corrected chi connectivity index (χ0v) is 14.0. The lowest BCUT2D eigenvalue weighted by atomic mass is 10.1. The summed E-state index contributed by atoms with van der Waals surface area (Å²) in [6, 6.07) is 12.5. The quantitative estimate of drug-likeness (QED) is 0.476. The first-order chi connectivity index (χ1) is 11.4. The lowest BCUT2D eigenvalue weighted by molar-refractivity contribution is -0.385. The van der Waals surface area contributed by atoms with Gasteiger partial charge >= 0.3 is 0 Å². The van der Waals surface area contributed by atoms with Crippen LogP contribution in [0, 0.1) is 24.0 Å². The third kappa shape index (κ3) is 4.29. The second-order valence-corrected chi connectivity index (χ2v) is 5.77. The van der Waals surface area contributed by atoms with Crippen LogP contribution in [0.3, 0.4) is 0 Å². The summed E-state index contributed by atoms with van der Waals surface area (Å²) >= 11 is 0. The van der Waals surface area contributed by atoms with Gasteiger partial charge in [-0.05, 0) is 37.1 Å². The number of rotatable bonds is 5. The van der Waals surface area contributed by atoms with Crippen molar-refractivity contribution in [1.82, 2.24) is 4.90 Å². The van der Waals surface area contributed by atoms with Crippen molar-refractivity contribution in [2.45, 2.75) is 20.4 Å². The largest absolute Gasteiger partial charge is 0.338 e. The Morgan fingerprint density at radius 1 is 1.21 bits per heavy atom. The van der Waals surface area contributed by atoms with Crippen molar-refractivity contribution < 1.29 is 9.72 Å². The third-order valence-electron chi connectivity index (χ3n) is 3.82. The van der Waals surface area contributed by atoms with E-state index in [1.165, 1.54) is 23.8 Å². The SMILES string of the molecule is Cc1ccc(CN(C)C(=O)/C=C/c2ccccc2[N+](=O)[O-])c(C)c1. The zero-order chi connectivity index (χ0) is 17.7. The lowest BCUT2D eigenvalue weighted by Crippen LogP contribution is -2.24. The van der Waals surface area contributed by atoms with E-state index >= 15 is 0 Å². The van der Waals surface area contributed by atoms with Crippen molar-refractivity contribution in [1.29, 1.82) is 0 Å². The zero-order valence-electron chi connectivity index (χ0n) is 14.0. The molecular formula is C19H20N2O3. The second-order valence-electron chi connectivity index (χ2n) is 5.77. The molecule has 1 amide bonds. The number of nitro groups is 1. The number of hydrogen-bond donors (Lipinski definition) is 0. The molecule has 0 bridgehead atoms. The fraction of sp³-hybridized carbons (Fsp3) is 0.211. The van der Waals surface area contributed by atoms with Crippen molar-refractivity contribution in [2.24, 2.45) is 0 Å². The van der Waals surface area contributed by atoms with E-state index in [4.69, 9.17) is 0 Å². The van der Waals surface area contributed by atoms with Crippen LogP contribution in [-0.4, -0.2) is 22.8 Å². The van der Waals surface area contributed by atoms with E-state index < -0.39 is 4.92 Å². The molecule has 0 spiro atoms. The van der Waals surface area contributed by atoms with E-state index in [9.17, 15) is 14.9 Å². The summed E-state index contributed by atoms with van der Waals surface area (Å²) in [6.07, 6.45) is 2.85. The van der Waals surface area contributed by atoms with Crippen LogP contribution in [0.2, 0.25) is 0 Å². The molecular weight excluding hydrogens is 304 g/mol. The van der Waals surface area contributed by atoms with Gasteiger partial charge in [0, 0.05) is 25.7 Å². The van der Waals surface area contributed by atoms with Gasteiger partial charge in [0.15, 0.2) is 0 Å². The van der Waals surface area contributed by atoms with Crippen LogP contribution in [0.1, 0.15) is 22.3 Å². The molecule has 5 heteroatoms. The molecule has 0 aliphatic heterocycles. The Bertz CT molecular complexity index is 797. The standard InChI is InChI=1S/C19H20N2O3/c1-14-8-9-17(15(2)12-14)13-20(3)19(22)11-10-16-6-4-5-7-18(16)21(23)24/h4-12H,13H2,1-3H3/b11-10+. The van der Waals surface area contributed by atoms with Gasteiger partial charge < -0.3 is 4.90 Å². The Morgan fingerprint density at radius 2 is 1.92 bits per heavy atom. The number of nitro benzene ring substituents is 1. The van der Waals surface area contributed by atoms with Gasteiger partial charge in [0.1, 0.15) is 0 Å². The number of nitrogens with zero attached hydrogens (tertiary/aromatic N) is 2. The fourth-order valence-corrected chi connectivity index (χ4v) is 2.44. The van der Waals surface area contributed by atoms with Crippen molar-refractivity contribution >= 4 is 17.7 Å². The number of carbonyl (C=O) groups excluding carboxylic acids is 1. The van der Waals surface area contributed by atoms with Crippen molar-refractivity contribution in [3.63, 3.8) is 0 Å². The number of para-hydroxylation sites is 1. The summed E-state index contributed by atoms with van der Waals surface area (Å²) in [4.78, 5) is 24.4. The Hall–Kier alpha value is -2.95. The van der Waals surface area contributed by atoms with Crippen LogP contribution in [0.5, 0.6) is 0 Å². The highest BCUT2D eigenvalue weighted by Crippen LogP contribution is 2.19. The number of hydrogen-bond acceptors (Lipinski definition) is 3. The molecule has 0 N–H and O–H groups in total. The van der Waals surface area contributed by atoms with Gasteiger partial charge in [-0.2, -0.15) is 0 Å². The van der Waals surface area contributed by atoms with Gasteiger partial charge in [0.05, 0.1) is 10.5 Å². The maximum Gasteiger partial charge on any atom is 0.276 e. The Balaban J connectivity index is 2.10. The predicted octanol–water partition coefficient (Wildman–Crippen LogP) is 3.88. The molecule has 0 saturated carbocycles. The van der Waals surface area contributed by atoms with Crippen LogP contribution >= 0.6 is 0 Å². The average molecular weight is 324 g/mol. The lowest BCUT2D eigenvalue weighted by Gasteiger charge is -2.17. The van der Waals surface area contributed by atoms with Gasteiger partial charge in [-0.1, -0.05) is 35.9 Å². The molecule has 2 aromatic rings. The van der Waals surface area contributed by atoms with Crippen molar-refractivity contribution in [3.8, 4) is 0 Å². The van der Waals surface area contributed by atoms with Gasteiger partial charge in [-0.15, -0.1) is 0 Å². The summed E-state index contributed by atoms with van der Waals surface area (Å²) in [5.74, 6) is -0.201. The average Bonchev–Trinajstić information content (AvgIpc) is 2.55. The monoisotopic (exact) mass is 324 g/mol. The van der Waals surface area contributed by atoms with E-state index in [1.54, 1.807) is 30.1 Å². The Morgan fingerprint density at radius 3 is 2.58 bits per heavy atom. The minimum Gasteiger partial charge on any atom is -0.338 e. The minimum absolute atomic E-state index is 0.0152. The van der Waals surface area contributed by atoms with Crippen molar-refractivity contribution in [2.75, 3.05) is 7.05 Å². The number of amides is 1. The first-order valence-corrected chi connectivity index (χ1v) is 7.61. The molecule has 0 fully saturated rings. The first-order valence-electron chi connectivity index (χ1n) is 7.61. The van der Waals surface area contributed by atoms with Gasteiger partial charge in [-0.25, -0.2) is 0 Å². The molecule has 2 aromatic carbocycles. The highest BCUT2D eigenvalue weighted by Gasteiger charge is 2.11. The molecule has 0 aliphatic rings. The van der Waals surface area contributed by atoms with E-state index in [0.29, 0.717) is 12.1 Å². The highest BCUT2D eigenvalue weighted by atomic mass is 16.6. The molecule has 124 valence electrons. The van der Waals surface area contributed by atoms with E-state index in [1.807, 2.05) is 26.0 Å². The van der Waals surface area contributed by atoms with Crippen LogP contribution in [0.4, 0.5) is 5.69 Å². The summed E-state index contributed by atoms with van der Waals surface area (Å²) in [5, 5.41) is 11.0. The maximum atomic E-state index is 12.2. The minimum atomic E-state index is -0.455. The topological polar surface area (TPSA) is 63.5 Å². The van der Waals surface area contributed by atoms with Crippen LogP contribution < -0.4 is 0 Å². The molecule has 0 unspecified atom stereocenters. The number of carbonyl (C=O) groups is 1. The number of likely N-dealkylation sites (N-methyl/N-ethyl adjacent to an activating group) is 1. The summed E-state index contributed by atoms with van der Waals surface area (Å²) in [7, 11) is 1.71. The summed E-state index contributed by atoms with van der Waals surface area (Å²) in [5.41, 5.74) is 3.80. The number of benzene rings is 2. The van der Waals surface area contributed by atoms with E-state index in [0.717, 1.165) is 11.1 Å². The number of aryl methyl sites for hydroxylation is 2. The summed E-state index contributed by atoms with van der Waals surface area (Å²) in [6.45, 7) is 4.54. The van der Waals surface area contributed by atoms with E-state index in [2.05, 4.69) is 6.07 Å². The Labute approximate surface area is 141 Å². The van der Waals surface area contributed by atoms with Gasteiger partial charge in [0.25, 0.3) is 5.69 Å². The van der Waals surface area contributed by atoms with Gasteiger partial charge in [0.2, 0.25) is 5.91 Å². The predicted molar refractivity (Wildman–Crippen MR) is 94.5 cm³/mol. The summed E-state index contributed by atoms with van der Waals surface area (Å²) < 4.78 is 0. The molecule has 0 aromatic heterocycles. The normalized spacial score (nSPS) is 10.8. The molecule has 2 rings (SSSR count). The second kappa shape index (κ2) is 7.55. The highest BCUT2D eigenvalue weighted by molar-refractivity contribution is 5.92. The molecule has 0 atom stereocenters. The van der Waals surface area contributed by atoms with Crippen LogP contribution in [-0.2, 0) is 11.3 Å². The maximum absolute atomic E-state index is 12.2. The molecule has 0 aliphatic carbocycles. The third-order valence-corrected chi connectivity index (χ3v) is 3.82. The molecule has 0 saturated heterocycles. The Kier molecular flexibility index (Phi) is 5.47. The molecule has 24 heavy (non-hydrogen) atoms. The smallest absolute Gasteiger partial charge is 0.276 e. The van der Waals surface area contributed by atoms with Crippen LogP contribution in [0.15, 0.2) is 48.5 Å². The molecule has 0 radical (unpaired) electrons. The fourth-order valence-electron chi connectivity index (χ4n) is 2.44. The van der Waals surface area contributed by atoms with Gasteiger partial charge in [-0.3, -0.25) is 14.9 Å². The van der Waals surface area contributed by atoms with Crippen molar-refractivity contribution in [3.05, 3.63) is 80.9 Å². The molecule has 5 nitrogen and oxygen atoms in total. The molecule has 0 heterocycles. The first kappa shape index (κ1) is 17.4.